The van der Waals surface area contributed by atoms with E-state index in [4.69, 9.17) is 22.1 Å². The summed E-state index contributed by atoms with van der Waals surface area (Å²) in [6.45, 7) is 1.93. The highest BCUT2D eigenvalue weighted by molar-refractivity contribution is 6.30. The van der Waals surface area contributed by atoms with E-state index in [1.165, 1.54) is 11.1 Å². The highest BCUT2D eigenvalue weighted by Crippen LogP contribution is 2.39. The van der Waals surface area contributed by atoms with Gasteiger partial charge in [-0.25, -0.2) is 0 Å². The van der Waals surface area contributed by atoms with Crippen LogP contribution in [0.25, 0.3) is 0 Å². The Morgan fingerprint density at radius 2 is 2.08 bits per heavy atom. The summed E-state index contributed by atoms with van der Waals surface area (Å²) in [4.78, 5) is 2.46. The van der Waals surface area contributed by atoms with Crippen LogP contribution in [0, 0.1) is 11.3 Å². The van der Waals surface area contributed by atoms with E-state index in [2.05, 4.69) is 29.2 Å². The molecule has 26 heavy (non-hydrogen) atoms. The van der Waals surface area contributed by atoms with Gasteiger partial charge in [-0.3, -0.25) is 4.90 Å². The largest absolute Gasteiger partial charge is 0.483 e. The number of nitrogens with two attached hydrogens (primary N) is 1. The van der Waals surface area contributed by atoms with Gasteiger partial charge in [0.15, 0.2) is 0 Å². The molecule has 0 saturated carbocycles. The Bertz CT molecular complexity index is 847. The quantitative estimate of drug-likeness (QED) is 0.898. The van der Waals surface area contributed by atoms with Crippen LogP contribution in [0.5, 0.6) is 5.75 Å². The molecule has 4 rings (SSSR count). The number of ether oxygens (including phenoxy) is 1. The van der Waals surface area contributed by atoms with Crippen LogP contribution in [0.3, 0.4) is 0 Å². The maximum Gasteiger partial charge on any atom is 0.140 e. The van der Waals surface area contributed by atoms with E-state index in [1.54, 1.807) is 18.2 Å². The molecule has 3 atom stereocenters. The number of nitriles is 1. The van der Waals surface area contributed by atoms with Crippen molar-refractivity contribution in [1.29, 1.82) is 5.26 Å². The molecule has 1 aliphatic heterocycles. The molecule has 1 heterocycles. The summed E-state index contributed by atoms with van der Waals surface area (Å²) >= 11 is 6.03. The van der Waals surface area contributed by atoms with Gasteiger partial charge in [0.25, 0.3) is 0 Å². The van der Waals surface area contributed by atoms with Crippen LogP contribution in [0.15, 0.2) is 42.5 Å². The fraction of sp³-hybridized carbons (Fsp3) is 0.381. The standard InChI is InChI=1S/C21H22ClN3O/c22-16-7-8-20(15(10-16)12-23)26-21-18-6-2-1-4-14(18)11-19(21)25-9-3-5-17(24)13-25/h1-2,4,6-8,10,17,19,21H,3,5,9,11,13,24H2/t17?,19-,21?/m1/s1. The summed E-state index contributed by atoms with van der Waals surface area (Å²) in [6, 6.07) is 16.3. The van der Waals surface area contributed by atoms with E-state index in [0.717, 1.165) is 32.4 Å². The van der Waals surface area contributed by atoms with Crippen LogP contribution in [0.1, 0.15) is 35.6 Å². The molecule has 4 nitrogen and oxygen atoms in total. The number of likely N-dealkylation sites (tertiary alicyclic amines) is 1. The van der Waals surface area contributed by atoms with Crippen molar-refractivity contribution in [2.75, 3.05) is 13.1 Å². The number of hydrogen-bond acceptors (Lipinski definition) is 4. The van der Waals surface area contributed by atoms with E-state index >= 15 is 0 Å². The second kappa shape index (κ2) is 7.28. The Hall–Kier alpha value is -2.06. The van der Waals surface area contributed by atoms with Crippen molar-refractivity contribution in [1.82, 2.24) is 4.90 Å². The van der Waals surface area contributed by atoms with E-state index in [0.29, 0.717) is 16.3 Å². The zero-order valence-electron chi connectivity index (χ0n) is 14.6. The molecule has 0 amide bonds. The summed E-state index contributed by atoms with van der Waals surface area (Å²) in [5, 5.41) is 9.99. The maximum atomic E-state index is 9.45. The lowest BCUT2D eigenvalue weighted by atomic mass is 10.0. The SMILES string of the molecule is N#Cc1cc(Cl)ccc1OC1c2ccccc2C[C@H]1N1CCCC(N)C1. The van der Waals surface area contributed by atoms with Crippen LogP contribution in [0.2, 0.25) is 5.02 Å². The zero-order chi connectivity index (χ0) is 18.1. The van der Waals surface area contributed by atoms with Crippen molar-refractivity contribution < 1.29 is 4.74 Å². The highest BCUT2D eigenvalue weighted by Gasteiger charge is 2.39. The van der Waals surface area contributed by atoms with Crippen molar-refractivity contribution in [3.63, 3.8) is 0 Å². The molecule has 1 aliphatic carbocycles. The van der Waals surface area contributed by atoms with Gasteiger partial charge >= 0.3 is 0 Å². The Kier molecular flexibility index (Phi) is 4.86. The number of nitrogens with zero attached hydrogens (tertiary/aromatic N) is 2. The minimum absolute atomic E-state index is 0.107. The molecule has 2 N–H and O–H groups in total. The Balaban J connectivity index is 1.67. The first kappa shape index (κ1) is 17.4. The fourth-order valence-corrected chi connectivity index (χ4v) is 4.34. The van der Waals surface area contributed by atoms with Gasteiger partial charge in [0.2, 0.25) is 0 Å². The molecular formula is C21H22ClN3O. The number of hydrogen-bond donors (Lipinski definition) is 1. The predicted octanol–water partition coefficient (Wildman–Crippen LogP) is 3.68. The first-order valence-corrected chi connectivity index (χ1v) is 9.47. The van der Waals surface area contributed by atoms with Crippen molar-refractivity contribution >= 4 is 11.6 Å². The van der Waals surface area contributed by atoms with Crippen molar-refractivity contribution in [2.24, 2.45) is 5.73 Å². The summed E-state index contributed by atoms with van der Waals surface area (Å²) in [7, 11) is 0. The Morgan fingerprint density at radius 1 is 1.23 bits per heavy atom. The van der Waals surface area contributed by atoms with Crippen LogP contribution < -0.4 is 10.5 Å². The first-order valence-electron chi connectivity index (χ1n) is 9.09. The summed E-state index contributed by atoms with van der Waals surface area (Å²) < 4.78 is 6.42. The molecule has 2 aromatic carbocycles. The van der Waals surface area contributed by atoms with E-state index in [1.807, 2.05) is 6.07 Å². The van der Waals surface area contributed by atoms with Gasteiger partial charge in [0.05, 0.1) is 11.6 Å². The smallest absolute Gasteiger partial charge is 0.140 e. The fourth-order valence-electron chi connectivity index (χ4n) is 4.17. The van der Waals surface area contributed by atoms with E-state index < -0.39 is 0 Å². The molecule has 2 aliphatic rings. The number of rotatable bonds is 3. The molecule has 0 spiro atoms. The molecule has 2 unspecified atom stereocenters. The molecular weight excluding hydrogens is 346 g/mol. The number of fused-ring (bicyclic) bond motifs is 1. The number of piperidine rings is 1. The van der Waals surface area contributed by atoms with Gasteiger partial charge in [0.1, 0.15) is 17.9 Å². The average molecular weight is 368 g/mol. The third-order valence-electron chi connectivity index (χ3n) is 5.41. The highest BCUT2D eigenvalue weighted by atomic mass is 35.5. The van der Waals surface area contributed by atoms with Gasteiger partial charge in [-0.15, -0.1) is 0 Å². The molecule has 1 fully saturated rings. The minimum atomic E-state index is -0.107. The molecule has 0 bridgehead atoms. The molecule has 1 saturated heterocycles. The summed E-state index contributed by atoms with van der Waals surface area (Å²) in [5.74, 6) is 0.588. The normalized spacial score (nSPS) is 25.5. The number of halogens is 1. The lowest BCUT2D eigenvalue weighted by Gasteiger charge is -2.38. The third-order valence-corrected chi connectivity index (χ3v) is 5.65. The van der Waals surface area contributed by atoms with Crippen LogP contribution in [-0.4, -0.2) is 30.1 Å². The second-order valence-electron chi connectivity index (χ2n) is 7.16. The topological polar surface area (TPSA) is 62.3 Å². The van der Waals surface area contributed by atoms with Crippen molar-refractivity contribution in [3.05, 3.63) is 64.2 Å². The molecule has 0 aromatic heterocycles. The Morgan fingerprint density at radius 3 is 2.88 bits per heavy atom. The predicted molar refractivity (Wildman–Crippen MR) is 102 cm³/mol. The van der Waals surface area contributed by atoms with Gasteiger partial charge in [-0.2, -0.15) is 5.26 Å². The molecule has 5 heteroatoms. The van der Waals surface area contributed by atoms with Crippen LogP contribution >= 0.6 is 11.6 Å². The first-order chi connectivity index (χ1) is 12.7. The lowest BCUT2D eigenvalue weighted by Crippen LogP contribution is -2.49. The summed E-state index contributed by atoms with van der Waals surface area (Å²) in [5.41, 5.74) is 9.20. The van der Waals surface area contributed by atoms with Gasteiger partial charge < -0.3 is 10.5 Å². The van der Waals surface area contributed by atoms with E-state index in [9.17, 15) is 5.26 Å². The zero-order valence-corrected chi connectivity index (χ0v) is 15.3. The maximum absolute atomic E-state index is 9.45. The van der Waals surface area contributed by atoms with Gasteiger partial charge in [-0.05, 0) is 55.1 Å². The van der Waals surface area contributed by atoms with Crippen LogP contribution in [0.4, 0.5) is 0 Å². The average Bonchev–Trinajstić information content (AvgIpc) is 3.02. The van der Waals surface area contributed by atoms with Crippen molar-refractivity contribution in [3.8, 4) is 11.8 Å². The Labute approximate surface area is 159 Å². The van der Waals surface area contributed by atoms with Crippen molar-refractivity contribution in [2.45, 2.75) is 37.5 Å². The van der Waals surface area contributed by atoms with Gasteiger partial charge in [0, 0.05) is 17.6 Å². The summed E-state index contributed by atoms with van der Waals surface area (Å²) in [6.07, 6.45) is 3.04. The van der Waals surface area contributed by atoms with E-state index in [-0.39, 0.29) is 18.2 Å². The molecule has 2 aromatic rings. The monoisotopic (exact) mass is 367 g/mol. The van der Waals surface area contributed by atoms with Crippen LogP contribution in [-0.2, 0) is 6.42 Å². The third kappa shape index (κ3) is 3.31. The second-order valence-corrected chi connectivity index (χ2v) is 7.59. The number of benzene rings is 2. The molecule has 0 radical (unpaired) electrons. The minimum Gasteiger partial charge on any atom is -0.483 e. The lowest BCUT2D eigenvalue weighted by molar-refractivity contribution is 0.0591. The molecule has 134 valence electrons. The van der Waals surface area contributed by atoms with Gasteiger partial charge in [-0.1, -0.05) is 35.9 Å².